The van der Waals surface area contributed by atoms with Crippen molar-refractivity contribution in [1.29, 1.82) is 5.26 Å². The van der Waals surface area contributed by atoms with Gasteiger partial charge in [0.1, 0.15) is 6.07 Å². The SMILES string of the molecule is CC[C@H](C#N)OC(=O)[C@@](OC)(c1ccccc1)C(F)(F)F. The summed E-state index contributed by atoms with van der Waals surface area (Å²) in [5.41, 5.74) is -3.66. The van der Waals surface area contributed by atoms with Crippen molar-refractivity contribution in [2.75, 3.05) is 7.11 Å². The number of alkyl halides is 3. The van der Waals surface area contributed by atoms with Crippen LogP contribution in [0.25, 0.3) is 0 Å². The first kappa shape index (κ1) is 17.0. The third-order valence-electron chi connectivity index (χ3n) is 2.94. The molecule has 0 unspecified atom stereocenters. The molecule has 0 aliphatic carbocycles. The van der Waals surface area contributed by atoms with E-state index >= 15 is 0 Å². The zero-order valence-corrected chi connectivity index (χ0v) is 11.5. The molecule has 0 saturated carbocycles. The minimum Gasteiger partial charge on any atom is -0.444 e. The standard InChI is InChI=1S/C14H14F3NO3/c1-3-11(9-18)21-12(19)13(20-2,14(15,16)17)10-7-5-4-6-8-10/h4-8,11H,3H2,1-2H3/t11-,13+/m1/s1. The van der Waals surface area contributed by atoms with Gasteiger partial charge in [-0.15, -0.1) is 0 Å². The summed E-state index contributed by atoms with van der Waals surface area (Å²) in [4.78, 5) is 12.1. The molecule has 0 fully saturated rings. The van der Waals surface area contributed by atoms with Gasteiger partial charge in [-0.1, -0.05) is 37.3 Å². The highest BCUT2D eigenvalue weighted by atomic mass is 19.4. The second-order valence-electron chi connectivity index (χ2n) is 4.18. The molecule has 21 heavy (non-hydrogen) atoms. The zero-order valence-electron chi connectivity index (χ0n) is 11.5. The van der Waals surface area contributed by atoms with Gasteiger partial charge in [-0.2, -0.15) is 18.4 Å². The van der Waals surface area contributed by atoms with Crippen LogP contribution in [0.15, 0.2) is 30.3 Å². The van der Waals surface area contributed by atoms with E-state index in [2.05, 4.69) is 9.47 Å². The Labute approximate surface area is 120 Å². The maximum absolute atomic E-state index is 13.5. The smallest absolute Gasteiger partial charge is 0.432 e. The molecular weight excluding hydrogens is 287 g/mol. The Bertz CT molecular complexity index is 525. The summed E-state index contributed by atoms with van der Waals surface area (Å²) >= 11 is 0. The molecule has 0 aliphatic heterocycles. The average molecular weight is 301 g/mol. The van der Waals surface area contributed by atoms with E-state index in [1.807, 2.05) is 0 Å². The van der Waals surface area contributed by atoms with Crippen molar-refractivity contribution in [3.63, 3.8) is 0 Å². The molecule has 7 heteroatoms. The maximum atomic E-state index is 13.5. The molecule has 0 spiro atoms. The fourth-order valence-corrected chi connectivity index (χ4v) is 1.80. The molecule has 0 aromatic heterocycles. The van der Waals surface area contributed by atoms with Gasteiger partial charge in [0.15, 0.2) is 6.10 Å². The van der Waals surface area contributed by atoms with Gasteiger partial charge >= 0.3 is 12.1 Å². The number of carbonyl (C=O) groups excluding carboxylic acids is 1. The lowest BCUT2D eigenvalue weighted by Gasteiger charge is -2.32. The van der Waals surface area contributed by atoms with Gasteiger partial charge < -0.3 is 9.47 Å². The summed E-state index contributed by atoms with van der Waals surface area (Å²) in [6.45, 7) is 1.52. The summed E-state index contributed by atoms with van der Waals surface area (Å²) in [5, 5.41) is 8.74. The van der Waals surface area contributed by atoms with Gasteiger partial charge in [-0.25, -0.2) is 4.79 Å². The summed E-state index contributed by atoms with van der Waals surface area (Å²) < 4.78 is 49.6. The molecule has 2 atom stereocenters. The average Bonchev–Trinajstić information content (AvgIpc) is 2.45. The topological polar surface area (TPSA) is 59.3 Å². The van der Waals surface area contributed by atoms with Crippen LogP contribution in [0.5, 0.6) is 0 Å². The lowest BCUT2D eigenvalue weighted by Crippen LogP contribution is -2.52. The van der Waals surface area contributed by atoms with Gasteiger partial charge in [0.25, 0.3) is 5.60 Å². The van der Waals surface area contributed by atoms with Crippen LogP contribution in [0.3, 0.4) is 0 Å². The van der Waals surface area contributed by atoms with E-state index in [-0.39, 0.29) is 6.42 Å². The van der Waals surface area contributed by atoms with E-state index in [1.54, 1.807) is 6.07 Å². The molecule has 0 N–H and O–H groups in total. The first-order chi connectivity index (χ1) is 9.83. The van der Waals surface area contributed by atoms with Crippen LogP contribution in [-0.4, -0.2) is 25.4 Å². The van der Waals surface area contributed by atoms with Crippen LogP contribution >= 0.6 is 0 Å². The van der Waals surface area contributed by atoms with Crippen LogP contribution in [0.2, 0.25) is 0 Å². The van der Waals surface area contributed by atoms with Crippen LogP contribution in [-0.2, 0) is 19.9 Å². The van der Waals surface area contributed by atoms with Crippen LogP contribution in [0.4, 0.5) is 13.2 Å². The minimum absolute atomic E-state index is 0.0781. The van der Waals surface area contributed by atoms with Crippen molar-refractivity contribution < 1.29 is 27.4 Å². The lowest BCUT2D eigenvalue weighted by molar-refractivity contribution is -0.277. The van der Waals surface area contributed by atoms with Crippen molar-refractivity contribution in [3.8, 4) is 6.07 Å². The number of carbonyl (C=O) groups is 1. The molecule has 0 amide bonds. The summed E-state index contributed by atoms with van der Waals surface area (Å²) in [7, 11) is 0.773. The predicted octanol–water partition coefficient (Wildman–Crippen LogP) is 2.94. The molecule has 0 aliphatic rings. The Kier molecular flexibility index (Phi) is 5.33. The number of rotatable bonds is 5. The summed E-state index contributed by atoms with van der Waals surface area (Å²) in [6.07, 6.45) is -6.22. The van der Waals surface area contributed by atoms with Crippen molar-refractivity contribution in [2.24, 2.45) is 0 Å². The Hall–Kier alpha value is -2.07. The molecule has 1 rings (SSSR count). The second-order valence-corrected chi connectivity index (χ2v) is 4.18. The van der Waals surface area contributed by atoms with Crippen molar-refractivity contribution in [1.82, 2.24) is 0 Å². The maximum Gasteiger partial charge on any atom is 0.432 e. The number of esters is 1. The molecule has 1 aromatic carbocycles. The van der Waals surface area contributed by atoms with E-state index in [0.717, 1.165) is 19.2 Å². The normalized spacial score (nSPS) is 15.6. The summed E-state index contributed by atoms with van der Waals surface area (Å²) in [6, 6.07) is 8.06. The number of ether oxygens (including phenoxy) is 2. The van der Waals surface area contributed by atoms with Gasteiger partial charge in [0, 0.05) is 12.7 Å². The highest BCUT2D eigenvalue weighted by Gasteiger charge is 2.64. The number of hydrogen-bond acceptors (Lipinski definition) is 4. The molecule has 4 nitrogen and oxygen atoms in total. The van der Waals surface area contributed by atoms with E-state index in [1.165, 1.54) is 25.1 Å². The fraction of sp³-hybridized carbons (Fsp3) is 0.429. The fourth-order valence-electron chi connectivity index (χ4n) is 1.80. The Morgan fingerprint density at radius 1 is 1.33 bits per heavy atom. The van der Waals surface area contributed by atoms with Crippen LogP contribution in [0, 0.1) is 11.3 Å². The number of halogens is 3. The first-order valence-corrected chi connectivity index (χ1v) is 6.11. The van der Waals surface area contributed by atoms with E-state index in [0.29, 0.717) is 0 Å². The van der Waals surface area contributed by atoms with Crippen LogP contribution < -0.4 is 0 Å². The molecule has 0 saturated heterocycles. The summed E-state index contributed by atoms with van der Waals surface area (Å²) in [5.74, 6) is -1.66. The Morgan fingerprint density at radius 2 is 1.90 bits per heavy atom. The third-order valence-corrected chi connectivity index (χ3v) is 2.94. The lowest BCUT2D eigenvalue weighted by atomic mass is 9.92. The molecule has 0 bridgehead atoms. The number of nitriles is 1. The minimum atomic E-state index is -5.03. The van der Waals surface area contributed by atoms with Crippen molar-refractivity contribution >= 4 is 5.97 Å². The zero-order chi connectivity index (χ0) is 16.1. The molecule has 0 radical (unpaired) electrons. The van der Waals surface area contributed by atoms with Gasteiger partial charge in [-0.3, -0.25) is 0 Å². The van der Waals surface area contributed by atoms with E-state index in [4.69, 9.17) is 5.26 Å². The number of benzene rings is 1. The van der Waals surface area contributed by atoms with Crippen molar-refractivity contribution in [2.45, 2.75) is 31.2 Å². The number of methoxy groups -OCH3 is 1. The van der Waals surface area contributed by atoms with Gasteiger partial charge in [0.05, 0.1) is 0 Å². The monoisotopic (exact) mass is 301 g/mol. The van der Waals surface area contributed by atoms with Crippen molar-refractivity contribution in [3.05, 3.63) is 35.9 Å². The Balaban J connectivity index is 3.33. The second kappa shape index (κ2) is 6.59. The molecule has 1 aromatic rings. The van der Waals surface area contributed by atoms with E-state index in [9.17, 15) is 18.0 Å². The highest BCUT2D eigenvalue weighted by Crippen LogP contribution is 2.43. The third kappa shape index (κ3) is 3.16. The number of hydrogen-bond donors (Lipinski definition) is 0. The molecule has 114 valence electrons. The van der Waals surface area contributed by atoms with Gasteiger partial charge in [0.2, 0.25) is 0 Å². The quantitative estimate of drug-likeness (QED) is 0.785. The Morgan fingerprint density at radius 3 is 2.29 bits per heavy atom. The highest BCUT2D eigenvalue weighted by molar-refractivity contribution is 5.83. The van der Waals surface area contributed by atoms with E-state index < -0.39 is 29.4 Å². The first-order valence-electron chi connectivity index (χ1n) is 6.11. The predicted molar refractivity (Wildman–Crippen MR) is 67.0 cm³/mol. The number of nitrogens with zero attached hydrogens (tertiary/aromatic N) is 1. The largest absolute Gasteiger partial charge is 0.444 e. The molecular formula is C14H14F3NO3. The molecule has 0 heterocycles. The van der Waals surface area contributed by atoms with Gasteiger partial charge in [-0.05, 0) is 6.42 Å². The van der Waals surface area contributed by atoms with Crippen LogP contribution in [0.1, 0.15) is 18.9 Å².